The van der Waals surface area contributed by atoms with E-state index < -0.39 is 5.60 Å². The van der Waals surface area contributed by atoms with E-state index in [1.165, 1.54) is 4.70 Å². The van der Waals surface area contributed by atoms with Crippen molar-refractivity contribution in [2.75, 3.05) is 6.54 Å². The molecule has 0 saturated carbocycles. The van der Waals surface area contributed by atoms with Crippen molar-refractivity contribution in [3.8, 4) is 0 Å². The summed E-state index contributed by atoms with van der Waals surface area (Å²) in [6, 6.07) is 7.95. The van der Waals surface area contributed by atoms with Gasteiger partial charge >= 0.3 is 0 Å². The van der Waals surface area contributed by atoms with Gasteiger partial charge < -0.3 is 14.8 Å². The molecule has 3 rings (SSSR count). The smallest absolute Gasteiger partial charge is 0.136 e. The minimum atomic E-state index is -1.04. The van der Waals surface area contributed by atoms with E-state index in [0.717, 1.165) is 16.8 Å². The Morgan fingerprint density at radius 3 is 2.95 bits per heavy atom. The average molecular weight is 316 g/mol. The Morgan fingerprint density at radius 1 is 1.41 bits per heavy atom. The third-order valence-electron chi connectivity index (χ3n) is 3.85. The number of nitrogens with one attached hydrogen (secondary N) is 1. The highest BCUT2D eigenvalue weighted by Gasteiger charge is 2.27. The highest BCUT2D eigenvalue weighted by atomic mass is 32.1. The summed E-state index contributed by atoms with van der Waals surface area (Å²) in [5.74, 6) is 1.38. The van der Waals surface area contributed by atoms with Crippen molar-refractivity contribution < 1.29 is 9.52 Å². The van der Waals surface area contributed by atoms with Crippen LogP contribution in [0.4, 0.5) is 0 Å². The molecule has 0 aliphatic carbocycles. The molecule has 0 saturated heterocycles. The van der Waals surface area contributed by atoms with Crippen LogP contribution in [0.15, 0.2) is 40.3 Å². The number of aryl methyl sites for hydroxylation is 1. The van der Waals surface area contributed by atoms with Crippen molar-refractivity contribution in [1.82, 2.24) is 10.3 Å². The van der Waals surface area contributed by atoms with E-state index in [-0.39, 0.29) is 6.04 Å². The van der Waals surface area contributed by atoms with Gasteiger partial charge in [0, 0.05) is 18.8 Å². The van der Waals surface area contributed by atoms with Gasteiger partial charge in [-0.1, -0.05) is 0 Å². The zero-order chi connectivity index (χ0) is 15.7. The van der Waals surface area contributed by atoms with Crippen LogP contribution in [0.5, 0.6) is 0 Å². The number of hydrogen-bond acceptors (Lipinski definition) is 5. The van der Waals surface area contributed by atoms with Gasteiger partial charge in [-0.25, -0.2) is 0 Å². The summed E-state index contributed by atoms with van der Waals surface area (Å²) in [4.78, 5) is 4.46. The van der Waals surface area contributed by atoms with Crippen LogP contribution in [0.1, 0.15) is 37.0 Å². The summed E-state index contributed by atoms with van der Waals surface area (Å²) in [7, 11) is 0. The first kappa shape index (κ1) is 15.2. The van der Waals surface area contributed by atoms with Crippen LogP contribution in [0.25, 0.3) is 10.2 Å². The van der Waals surface area contributed by atoms with Crippen LogP contribution in [-0.2, 0) is 5.60 Å². The van der Waals surface area contributed by atoms with Crippen LogP contribution >= 0.6 is 11.3 Å². The van der Waals surface area contributed by atoms with Crippen molar-refractivity contribution in [2.45, 2.75) is 32.4 Å². The first-order valence-corrected chi connectivity index (χ1v) is 8.19. The number of pyridine rings is 1. The summed E-state index contributed by atoms with van der Waals surface area (Å²) >= 11 is 1.69. The Morgan fingerprint density at radius 2 is 2.23 bits per heavy atom. The lowest BCUT2D eigenvalue weighted by Crippen LogP contribution is -2.36. The standard InChI is InChI=1S/C17H20N2O2S/c1-11-4-5-16(21-11)17(3,20)10-19-12(2)13-8-15-14(18-9-13)6-7-22-15/h4-9,12,19-20H,10H2,1-3H3. The van der Waals surface area contributed by atoms with Crippen molar-refractivity contribution in [2.24, 2.45) is 0 Å². The van der Waals surface area contributed by atoms with E-state index in [9.17, 15) is 5.11 Å². The van der Waals surface area contributed by atoms with Crippen LogP contribution in [-0.4, -0.2) is 16.6 Å². The summed E-state index contributed by atoms with van der Waals surface area (Å²) < 4.78 is 6.71. The molecule has 0 amide bonds. The van der Waals surface area contributed by atoms with Crippen molar-refractivity contribution >= 4 is 21.6 Å². The molecule has 5 heteroatoms. The Balaban J connectivity index is 1.69. The van der Waals surface area contributed by atoms with Crippen molar-refractivity contribution in [1.29, 1.82) is 0 Å². The molecule has 4 nitrogen and oxygen atoms in total. The molecule has 3 aromatic rings. The minimum Gasteiger partial charge on any atom is -0.463 e. The van der Waals surface area contributed by atoms with E-state index in [1.54, 1.807) is 18.3 Å². The molecule has 2 atom stereocenters. The molecule has 0 spiro atoms. The first-order chi connectivity index (χ1) is 10.5. The number of thiophene rings is 1. The van der Waals surface area contributed by atoms with Gasteiger partial charge in [-0.3, -0.25) is 4.98 Å². The molecule has 3 heterocycles. The zero-order valence-electron chi connectivity index (χ0n) is 13.0. The Bertz CT molecular complexity index is 776. The largest absolute Gasteiger partial charge is 0.463 e. The van der Waals surface area contributed by atoms with Gasteiger partial charge in [0.05, 0.1) is 10.2 Å². The predicted molar refractivity (Wildman–Crippen MR) is 89.1 cm³/mol. The van der Waals surface area contributed by atoms with Gasteiger partial charge in [-0.05, 0) is 56.0 Å². The number of rotatable bonds is 5. The maximum absolute atomic E-state index is 10.6. The van der Waals surface area contributed by atoms with Crippen molar-refractivity contribution in [3.05, 3.63) is 52.9 Å². The lowest BCUT2D eigenvalue weighted by atomic mass is 10.0. The molecule has 0 radical (unpaired) electrons. The van der Waals surface area contributed by atoms with E-state index in [1.807, 2.05) is 36.7 Å². The topological polar surface area (TPSA) is 58.3 Å². The summed E-state index contributed by atoms with van der Waals surface area (Å²) in [6.07, 6.45) is 1.89. The first-order valence-electron chi connectivity index (χ1n) is 7.31. The van der Waals surface area contributed by atoms with Crippen LogP contribution in [0, 0.1) is 6.92 Å². The molecule has 3 aromatic heterocycles. The summed E-state index contributed by atoms with van der Waals surface area (Å²) in [5.41, 5.74) is 1.10. The fourth-order valence-corrected chi connectivity index (χ4v) is 3.17. The van der Waals surface area contributed by atoms with Gasteiger partial charge in [0.1, 0.15) is 17.1 Å². The molecular weight excluding hydrogens is 296 g/mol. The monoisotopic (exact) mass is 316 g/mol. The van der Waals surface area contributed by atoms with Crippen LogP contribution in [0.3, 0.4) is 0 Å². The molecule has 0 aromatic carbocycles. The number of nitrogens with zero attached hydrogens (tertiary/aromatic N) is 1. The predicted octanol–water partition coefficient (Wildman–Crippen LogP) is 3.76. The molecular formula is C17H20N2O2S. The Kier molecular flexibility index (Phi) is 4.04. The van der Waals surface area contributed by atoms with E-state index in [4.69, 9.17) is 4.42 Å². The number of furan rings is 1. The van der Waals surface area contributed by atoms with Gasteiger partial charge in [-0.2, -0.15) is 0 Å². The Hall–Kier alpha value is -1.69. The molecule has 0 bridgehead atoms. The minimum absolute atomic E-state index is 0.0986. The van der Waals surface area contributed by atoms with Crippen molar-refractivity contribution in [3.63, 3.8) is 0 Å². The lowest BCUT2D eigenvalue weighted by Gasteiger charge is -2.24. The molecule has 2 unspecified atom stereocenters. The second-order valence-electron chi connectivity index (χ2n) is 5.86. The molecule has 2 N–H and O–H groups in total. The lowest BCUT2D eigenvalue weighted by molar-refractivity contribution is 0.0313. The number of fused-ring (bicyclic) bond motifs is 1. The number of aliphatic hydroxyl groups is 1. The fraction of sp³-hybridized carbons (Fsp3) is 0.353. The number of hydrogen-bond donors (Lipinski definition) is 2. The highest BCUT2D eigenvalue weighted by Crippen LogP contribution is 2.25. The molecule has 116 valence electrons. The second kappa shape index (κ2) is 5.83. The van der Waals surface area contributed by atoms with Gasteiger partial charge in [0.2, 0.25) is 0 Å². The van der Waals surface area contributed by atoms with E-state index in [2.05, 4.69) is 23.3 Å². The van der Waals surface area contributed by atoms with E-state index in [0.29, 0.717) is 12.3 Å². The number of aromatic nitrogens is 1. The second-order valence-corrected chi connectivity index (χ2v) is 6.81. The Labute approximate surface area is 133 Å². The molecule has 0 aliphatic rings. The third kappa shape index (κ3) is 3.06. The SMILES string of the molecule is Cc1ccc(C(C)(O)CNC(C)c2cnc3ccsc3c2)o1. The van der Waals surface area contributed by atoms with Crippen LogP contribution < -0.4 is 5.32 Å². The third-order valence-corrected chi connectivity index (χ3v) is 4.70. The van der Waals surface area contributed by atoms with Gasteiger partial charge in [-0.15, -0.1) is 11.3 Å². The summed E-state index contributed by atoms with van der Waals surface area (Å²) in [6.45, 7) is 6.10. The zero-order valence-corrected chi connectivity index (χ0v) is 13.8. The molecule has 0 aliphatic heterocycles. The van der Waals surface area contributed by atoms with Crippen LogP contribution in [0.2, 0.25) is 0 Å². The maximum atomic E-state index is 10.6. The van der Waals surface area contributed by atoms with Gasteiger partial charge in [0.15, 0.2) is 0 Å². The molecule has 22 heavy (non-hydrogen) atoms. The normalized spacial score (nSPS) is 15.8. The fourth-order valence-electron chi connectivity index (χ4n) is 2.38. The van der Waals surface area contributed by atoms with E-state index >= 15 is 0 Å². The maximum Gasteiger partial charge on any atom is 0.136 e. The quantitative estimate of drug-likeness (QED) is 0.752. The van der Waals surface area contributed by atoms with Gasteiger partial charge in [0.25, 0.3) is 0 Å². The average Bonchev–Trinajstić information content (AvgIpc) is 3.12. The highest BCUT2D eigenvalue weighted by molar-refractivity contribution is 7.17. The molecule has 0 fully saturated rings. The summed E-state index contributed by atoms with van der Waals surface area (Å²) in [5, 5.41) is 16.0.